The number of pyridine rings is 3. The normalized spacial score (nSPS) is 11.9. The van der Waals surface area contributed by atoms with E-state index in [0.29, 0.717) is 11.7 Å². The first-order valence-corrected chi connectivity index (χ1v) is 26.4. The smallest absolute Gasteiger partial charge is 0.497 e. The lowest BCUT2D eigenvalue weighted by Crippen LogP contribution is -2.53. The van der Waals surface area contributed by atoms with Crippen molar-refractivity contribution in [3.8, 4) is 5.75 Å². The van der Waals surface area contributed by atoms with E-state index in [1.807, 2.05) is 178 Å². The molecule has 0 saturated carbocycles. The second-order valence-corrected chi connectivity index (χ2v) is 20.8. The number of fused-ring (bicyclic) bond motifs is 2. The van der Waals surface area contributed by atoms with Gasteiger partial charge in [0.05, 0.1) is 59.0 Å². The van der Waals surface area contributed by atoms with Gasteiger partial charge in [-0.05, 0) is 83.4 Å². The van der Waals surface area contributed by atoms with Crippen molar-refractivity contribution in [3.63, 3.8) is 0 Å². The molecule has 16 heteroatoms. The van der Waals surface area contributed by atoms with Crippen LogP contribution in [0.25, 0.3) is 21.1 Å². The van der Waals surface area contributed by atoms with Gasteiger partial charge >= 0.3 is 11.4 Å². The summed E-state index contributed by atoms with van der Waals surface area (Å²) in [5.74, 6) is 0.898. The third kappa shape index (κ3) is 19.0. The van der Waals surface area contributed by atoms with Crippen LogP contribution in [0.15, 0.2) is 149 Å². The van der Waals surface area contributed by atoms with Gasteiger partial charge in [-0.25, -0.2) is 18.3 Å². The second-order valence-electron chi connectivity index (χ2n) is 19.5. The zero-order chi connectivity index (χ0) is 57.8. The summed E-state index contributed by atoms with van der Waals surface area (Å²) in [6.07, 6.45) is 16.0. The van der Waals surface area contributed by atoms with Crippen molar-refractivity contribution < 1.29 is 41.9 Å². The minimum absolute atomic E-state index is 0.0139. The largest absolute Gasteiger partial charge is 0.508 e. The molecule has 9 aromatic rings. The number of benzene rings is 2. The maximum Gasteiger partial charge on any atom is 0.497 e. The molecule has 1 atom stereocenters. The third-order valence-corrected chi connectivity index (χ3v) is 14.5. The number of aromatic hydroxyl groups is 1. The molecular weight excluding hydrogens is 981 g/mol. The quantitative estimate of drug-likeness (QED) is 0.201. The fourth-order valence-corrected chi connectivity index (χ4v) is 8.34. The van der Waals surface area contributed by atoms with Crippen molar-refractivity contribution in [2.75, 3.05) is 7.05 Å². The van der Waals surface area contributed by atoms with E-state index in [1.165, 1.54) is 37.8 Å². The molecule has 15 nitrogen and oxygen atoms in total. The van der Waals surface area contributed by atoms with E-state index >= 15 is 0 Å². The number of rotatable bonds is 0. The molecule has 2 aromatic carbocycles. The van der Waals surface area contributed by atoms with Crippen LogP contribution in [0.3, 0.4) is 0 Å². The lowest BCUT2D eigenvalue weighted by atomic mass is 10.1. The number of thiazole rings is 1. The van der Waals surface area contributed by atoms with Crippen LogP contribution < -0.4 is 43.5 Å². The summed E-state index contributed by atoms with van der Waals surface area (Å²) in [6.45, 7) is 20.3. The zero-order valence-electron chi connectivity index (χ0n) is 49.9. The lowest BCUT2D eigenvalue weighted by molar-refractivity contribution is -0.748. The van der Waals surface area contributed by atoms with Crippen LogP contribution in [0.5, 0.6) is 5.75 Å². The first-order valence-electron chi connectivity index (χ1n) is 25.6. The molecule has 1 unspecified atom stereocenters. The van der Waals surface area contributed by atoms with Gasteiger partial charge in [-0.1, -0.05) is 34.2 Å². The Morgan fingerprint density at radius 1 is 0.571 bits per heavy atom. The van der Waals surface area contributed by atoms with Gasteiger partial charge in [-0.3, -0.25) is 0 Å². The van der Waals surface area contributed by atoms with E-state index in [1.54, 1.807) is 58.7 Å². The highest BCUT2D eigenvalue weighted by molar-refractivity contribution is 7.18. The third-order valence-electron chi connectivity index (χ3n) is 13.4. The van der Waals surface area contributed by atoms with Gasteiger partial charge in [0.15, 0.2) is 56.5 Å². The SMILES string of the molecule is CC1=[N+](C)N=CC1C.Cc1c(O)ccc2c[n+](C)n(C)c12.Cc1cc(C)[n+](C)c(=O)n1C.Cc1cc[n+](C)c(=O)n1C.Cc1cc[n+](C)cc1.Cc1ccc[n+](C)c1.Cc1cccc[n+]1C.Cc1sc2ccccc2[n+]1C. The summed E-state index contributed by atoms with van der Waals surface area (Å²) < 4.78 is 22.1. The summed E-state index contributed by atoms with van der Waals surface area (Å²) in [5.41, 5.74) is 11.6. The Balaban J connectivity index is 0.000000233. The van der Waals surface area contributed by atoms with E-state index < -0.39 is 0 Å². The highest BCUT2D eigenvalue weighted by Crippen LogP contribution is 2.24. The summed E-state index contributed by atoms with van der Waals surface area (Å²) >= 11 is 1.84. The Hall–Kier alpha value is -7.85. The summed E-state index contributed by atoms with van der Waals surface area (Å²) in [4.78, 5) is 22.5. The predicted molar refractivity (Wildman–Crippen MR) is 310 cm³/mol. The van der Waals surface area contributed by atoms with Gasteiger partial charge in [-0.2, -0.15) is 32.5 Å². The van der Waals surface area contributed by atoms with Gasteiger partial charge in [0.2, 0.25) is 16.7 Å². The number of hydrogen-bond donors (Lipinski definition) is 1. The van der Waals surface area contributed by atoms with Crippen molar-refractivity contribution in [3.05, 3.63) is 200 Å². The Labute approximate surface area is 461 Å². The number of phenolic OH excluding ortho intramolecular Hbond substituents is 1. The molecule has 1 aliphatic heterocycles. The molecule has 0 radical (unpaired) electrons. The van der Waals surface area contributed by atoms with E-state index in [-0.39, 0.29) is 11.4 Å². The highest BCUT2D eigenvalue weighted by Gasteiger charge is 2.18. The molecule has 408 valence electrons. The van der Waals surface area contributed by atoms with Crippen LogP contribution >= 0.6 is 11.3 Å². The molecule has 7 aromatic heterocycles. The second kappa shape index (κ2) is 30.0. The topological polar surface area (TPSA) is 112 Å². The monoisotopic (exact) mass is 1070 g/mol. The minimum atomic E-state index is 0.0139. The van der Waals surface area contributed by atoms with Crippen molar-refractivity contribution in [1.29, 1.82) is 0 Å². The predicted octanol–water partition coefficient (Wildman–Crippen LogP) is 5.58. The van der Waals surface area contributed by atoms with Crippen molar-refractivity contribution in [2.24, 2.45) is 81.5 Å². The van der Waals surface area contributed by atoms with Crippen LogP contribution in [-0.2, 0) is 70.5 Å². The molecule has 1 aliphatic rings. The minimum Gasteiger partial charge on any atom is -0.508 e. The Morgan fingerprint density at radius 2 is 1.19 bits per heavy atom. The number of para-hydroxylation sites is 1. The zero-order valence-corrected chi connectivity index (χ0v) is 50.7. The number of nitrogens with zero attached hydrogens (tertiary/aromatic N) is 12. The maximum absolute atomic E-state index is 11.3. The van der Waals surface area contributed by atoms with Gasteiger partial charge in [0, 0.05) is 80.4 Å². The average Bonchev–Trinajstić information content (AvgIpc) is 3.99. The molecule has 10 rings (SSSR count). The van der Waals surface area contributed by atoms with Crippen LogP contribution in [0.4, 0.5) is 0 Å². The summed E-state index contributed by atoms with van der Waals surface area (Å²) in [5, 5.41) is 16.1. The van der Waals surface area contributed by atoms with Crippen molar-refractivity contribution in [1.82, 2.24) is 13.8 Å². The Bertz CT molecular complexity index is 3480. The van der Waals surface area contributed by atoms with Gasteiger partial charge in [0.1, 0.15) is 61.2 Å². The standard InChI is InChI=1S/C10H12N2O.C9H10NS.C8H13N2O.C7H11N2O.3C7H10N.C6H11N2/c1-7-9(13)5-4-8-6-11(2)12(3)10(7)8;1-7-10(2)8-5-3-4-6-9(8)11-7;1-6-5-7(2)10(4)8(11)9(6)3;1-6-4-5-8(2)7(10)9(6)3;1-7-3-5-8(2)6-4-7;1-7-4-3-5-8(2)6-7;1-7-5-3-4-6-8(7)2;1-5-4-7-8(3)6(5)2/h4-6H,1-3H3;3-6H,1-2H3;5H,1-4H3;4-5H,1-3H3;3*3-6H,1-2H3;4-5H,1-3H3/q;7*+1/p+1. The Morgan fingerprint density at radius 3 is 1.69 bits per heavy atom. The average molecular weight is 1070 g/mol. The maximum atomic E-state index is 11.3. The summed E-state index contributed by atoms with van der Waals surface area (Å²) in [7, 11) is 21.2. The number of aromatic nitrogens is 10. The fraction of sp³-hybridized carbons (Fsp3) is 0.361. The van der Waals surface area contributed by atoms with Crippen LogP contribution in [0.2, 0.25) is 0 Å². The molecule has 0 spiro atoms. The lowest BCUT2D eigenvalue weighted by Gasteiger charge is -1.99. The van der Waals surface area contributed by atoms with E-state index in [0.717, 1.165) is 33.5 Å². The Kier molecular flexibility index (Phi) is 24.7. The van der Waals surface area contributed by atoms with E-state index in [2.05, 4.69) is 118 Å². The van der Waals surface area contributed by atoms with Crippen LogP contribution in [-0.4, -0.2) is 42.6 Å². The molecular formula is C61H88N12O3S+8. The number of hydrazone groups is 1. The molecule has 0 saturated heterocycles. The molecule has 0 aliphatic carbocycles. The first-order chi connectivity index (χ1) is 36.2. The van der Waals surface area contributed by atoms with Crippen LogP contribution in [0.1, 0.15) is 58.3 Å². The van der Waals surface area contributed by atoms with E-state index in [4.69, 9.17) is 0 Å². The number of aryl methyl sites for hydroxylation is 15. The van der Waals surface area contributed by atoms with Crippen molar-refractivity contribution in [2.45, 2.75) is 69.2 Å². The summed E-state index contributed by atoms with van der Waals surface area (Å²) in [6, 6.07) is 30.5. The molecule has 0 bridgehead atoms. The first kappa shape index (κ1) is 63.4. The fourth-order valence-electron chi connectivity index (χ4n) is 7.33. The molecule has 1 N–H and O–H groups in total. The van der Waals surface area contributed by atoms with Gasteiger partial charge in [-0.15, -0.1) is 4.68 Å². The van der Waals surface area contributed by atoms with Gasteiger partial charge < -0.3 is 5.11 Å². The van der Waals surface area contributed by atoms with Gasteiger partial charge in [0.25, 0.3) is 0 Å². The molecule has 0 fully saturated rings. The molecule has 8 heterocycles. The highest BCUT2D eigenvalue weighted by atomic mass is 32.1. The van der Waals surface area contributed by atoms with E-state index in [9.17, 15) is 14.7 Å². The van der Waals surface area contributed by atoms with Crippen LogP contribution in [0, 0.1) is 61.3 Å². The van der Waals surface area contributed by atoms with Crippen molar-refractivity contribution >= 4 is 44.4 Å². The number of hydrogen-bond acceptors (Lipinski definition) is 5. The number of phenols is 1. The molecule has 0 amide bonds. The molecule has 77 heavy (non-hydrogen) atoms.